The Morgan fingerprint density at radius 3 is 2.56 bits per heavy atom. The molecule has 1 saturated heterocycles. The Morgan fingerprint density at radius 2 is 1.85 bits per heavy atom. The van der Waals surface area contributed by atoms with Crippen LogP contribution in [0.4, 0.5) is 18.9 Å². The summed E-state index contributed by atoms with van der Waals surface area (Å²) in [5.74, 6) is -0.550. The number of nitriles is 1. The molecule has 3 atom stereocenters. The minimum absolute atomic E-state index is 0.00924. The van der Waals surface area contributed by atoms with Crippen LogP contribution in [0.3, 0.4) is 0 Å². The first-order chi connectivity index (χ1) is 16.3. The maximum Gasteiger partial charge on any atom is 0.422 e. The molecule has 1 saturated carbocycles. The normalized spacial score (nSPS) is 21.9. The third-order valence-electron chi connectivity index (χ3n) is 6.40. The first kappa shape index (κ1) is 23.6. The second kappa shape index (κ2) is 9.75. The second-order valence-electron chi connectivity index (χ2n) is 8.66. The highest BCUT2D eigenvalue weighted by Crippen LogP contribution is 2.41. The van der Waals surface area contributed by atoms with E-state index in [-0.39, 0.29) is 40.8 Å². The van der Waals surface area contributed by atoms with E-state index < -0.39 is 18.8 Å². The van der Waals surface area contributed by atoms with Crippen LogP contribution < -0.4 is 10.1 Å². The fourth-order valence-electron chi connectivity index (χ4n) is 4.92. The van der Waals surface area contributed by atoms with E-state index in [0.717, 1.165) is 25.7 Å². The smallest absolute Gasteiger partial charge is 0.422 e. The van der Waals surface area contributed by atoms with Gasteiger partial charge in [-0.15, -0.1) is 0 Å². The van der Waals surface area contributed by atoms with Crippen LogP contribution in [0.25, 0.3) is 0 Å². The van der Waals surface area contributed by atoms with Crippen molar-refractivity contribution in [3.63, 3.8) is 0 Å². The highest BCUT2D eigenvalue weighted by atomic mass is 19.4. The predicted octanol–water partition coefficient (Wildman–Crippen LogP) is 4.91. The molecule has 1 aliphatic carbocycles. The number of nitrogens with one attached hydrogen (secondary N) is 1. The molecule has 1 heterocycles. The SMILES string of the molecule is N#Cc1cc(NC(=O)C2CC3CCCCC3N2C(=O)c2ccccc2)ccc1OCC(F)(F)F. The van der Waals surface area contributed by atoms with Crippen molar-refractivity contribution in [1.29, 1.82) is 5.26 Å². The van der Waals surface area contributed by atoms with Gasteiger partial charge in [-0.2, -0.15) is 18.4 Å². The fraction of sp³-hybridized carbons (Fsp3) is 0.400. The lowest BCUT2D eigenvalue weighted by atomic mass is 9.84. The Labute approximate surface area is 195 Å². The number of likely N-dealkylation sites (tertiary alicyclic amines) is 1. The van der Waals surface area contributed by atoms with Crippen molar-refractivity contribution in [3.8, 4) is 11.8 Å². The molecular weight excluding hydrogens is 447 g/mol. The van der Waals surface area contributed by atoms with Crippen molar-refractivity contribution >= 4 is 17.5 Å². The van der Waals surface area contributed by atoms with Gasteiger partial charge in [0.1, 0.15) is 17.9 Å². The summed E-state index contributed by atoms with van der Waals surface area (Å²) in [7, 11) is 0. The van der Waals surface area contributed by atoms with Gasteiger partial charge in [0.15, 0.2) is 6.61 Å². The highest BCUT2D eigenvalue weighted by molar-refractivity contribution is 6.02. The van der Waals surface area contributed by atoms with Crippen LogP contribution in [0.1, 0.15) is 48.0 Å². The molecule has 2 amide bonds. The second-order valence-corrected chi connectivity index (χ2v) is 8.66. The van der Waals surface area contributed by atoms with E-state index in [1.54, 1.807) is 35.2 Å². The third kappa shape index (κ3) is 5.16. The molecule has 4 rings (SSSR count). The monoisotopic (exact) mass is 471 g/mol. The van der Waals surface area contributed by atoms with E-state index in [4.69, 9.17) is 4.74 Å². The average molecular weight is 471 g/mol. The zero-order valence-corrected chi connectivity index (χ0v) is 18.3. The van der Waals surface area contributed by atoms with Crippen LogP contribution in [0, 0.1) is 17.2 Å². The first-order valence-electron chi connectivity index (χ1n) is 11.2. The highest BCUT2D eigenvalue weighted by Gasteiger charge is 2.47. The summed E-state index contributed by atoms with van der Waals surface area (Å²) in [6, 6.07) is 13.8. The van der Waals surface area contributed by atoms with Gasteiger partial charge in [-0.1, -0.05) is 31.0 Å². The largest absolute Gasteiger partial charge is 0.483 e. The zero-order valence-electron chi connectivity index (χ0n) is 18.3. The molecule has 2 aromatic carbocycles. The minimum atomic E-state index is -4.53. The van der Waals surface area contributed by atoms with Crippen molar-refractivity contribution in [2.45, 2.75) is 50.4 Å². The van der Waals surface area contributed by atoms with Crippen molar-refractivity contribution in [2.75, 3.05) is 11.9 Å². The zero-order chi connectivity index (χ0) is 24.3. The van der Waals surface area contributed by atoms with Crippen LogP contribution in [-0.2, 0) is 4.79 Å². The number of halogens is 3. The van der Waals surface area contributed by atoms with Gasteiger partial charge in [-0.3, -0.25) is 9.59 Å². The molecule has 2 aromatic rings. The predicted molar refractivity (Wildman–Crippen MR) is 118 cm³/mol. The van der Waals surface area contributed by atoms with Crippen LogP contribution in [-0.4, -0.2) is 41.6 Å². The number of carbonyl (C=O) groups excluding carboxylic acids is 2. The molecule has 0 spiro atoms. The third-order valence-corrected chi connectivity index (χ3v) is 6.40. The lowest BCUT2D eigenvalue weighted by Gasteiger charge is -2.33. The summed E-state index contributed by atoms with van der Waals surface area (Å²) in [6.07, 6.45) is -0.124. The number of ether oxygens (including phenoxy) is 1. The fourth-order valence-corrected chi connectivity index (χ4v) is 4.92. The number of amides is 2. The van der Waals surface area contributed by atoms with E-state index in [1.165, 1.54) is 18.2 Å². The maximum atomic E-state index is 13.4. The Balaban J connectivity index is 1.54. The van der Waals surface area contributed by atoms with Gasteiger partial charge < -0.3 is 15.0 Å². The lowest BCUT2D eigenvalue weighted by Crippen LogP contribution is -2.47. The molecule has 3 unspecified atom stereocenters. The van der Waals surface area contributed by atoms with Gasteiger partial charge in [0.25, 0.3) is 5.91 Å². The molecule has 0 radical (unpaired) electrons. The summed E-state index contributed by atoms with van der Waals surface area (Å²) < 4.78 is 42.1. The standard InChI is InChI=1S/C25H24F3N3O3/c26-25(27,28)15-34-22-11-10-19(12-18(22)14-29)30-23(32)21-13-17-8-4-5-9-20(17)31(21)24(33)16-6-2-1-3-7-16/h1-3,6-7,10-12,17,20-21H,4-5,8-9,13,15H2,(H,30,32). The number of hydrogen-bond acceptors (Lipinski definition) is 4. The minimum Gasteiger partial charge on any atom is -0.483 e. The molecule has 6 nitrogen and oxygen atoms in total. The van der Waals surface area contributed by atoms with E-state index >= 15 is 0 Å². The summed E-state index contributed by atoms with van der Waals surface area (Å²) >= 11 is 0. The molecule has 2 aliphatic rings. The Hall–Kier alpha value is -3.54. The molecule has 2 fully saturated rings. The number of fused-ring (bicyclic) bond motifs is 1. The Bertz CT molecular complexity index is 1100. The van der Waals surface area contributed by atoms with Gasteiger partial charge in [0, 0.05) is 17.3 Å². The summed E-state index contributed by atoms with van der Waals surface area (Å²) in [6.45, 7) is -1.52. The number of anilines is 1. The van der Waals surface area contributed by atoms with Crippen molar-refractivity contribution in [2.24, 2.45) is 5.92 Å². The first-order valence-corrected chi connectivity index (χ1v) is 11.2. The molecule has 1 aliphatic heterocycles. The molecule has 0 bridgehead atoms. The topological polar surface area (TPSA) is 82.4 Å². The van der Waals surface area contributed by atoms with Crippen molar-refractivity contribution < 1.29 is 27.5 Å². The van der Waals surface area contributed by atoms with E-state index in [2.05, 4.69) is 5.32 Å². The van der Waals surface area contributed by atoms with Gasteiger partial charge in [-0.25, -0.2) is 0 Å². The average Bonchev–Trinajstić information content (AvgIpc) is 3.22. The number of benzene rings is 2. The van der Waals surface area contributed by atoms with Gasteiger partial charge in [-0.05, 0) is 55.5 Å². The van der Waals surface area contributed by atoms with Gasteiger partial charge in [0.05, 0.1) is 5.56 Å². The van der Waals surface area contributed by atoms with Crippen LogP contribution in [0.5, 0.6) is 5.75 Å². The molecule has 178 valence electrons. The summed E-state index contributed by atoms with van der Waals surface area (Å²) in [4.78, 5) is 28.3. The van der Waals surface area contributed by atoms with E-state index in [1.807, 2.05) is 6.07 Å². The summed E-state index contributed by atoms with van der Waals surface area (Å²) in [5, 5.41) is 12.1. The van der Waals surface area contributed by atoms with Crippen LogP contribution >= 0.6 is 0 Å². The molecule has 0 aromatic heterocycles. The molecule has 9 heteroatoms. The number of hydrogen-bond donors (Lipinski definition) is 1. The number of alkyl halides is 3. The van der Waals surface area contributed by atoms with Crippen LogP contribution in [0.2, 0.25) is 0 Å². The van der Waals surface area contributed by atoms with Gasteiger partial charge in [0.2, 0.25) is 5.91 Å². The Kier molecular flexibility index (Phi) is 6.77. The van der Waals surface area contributed by atoms with Gasteiger partial charge >= 0.3 is 6.18 Å². The lowest BCUT2D eigenvalue weighted by molar-refractivity contribution is -0.153. The summed E-state index contributed by atoms with van der Waals surface area (Å²) in [5.41, 5.74) is 0.645. The van der Waals surface area contributed by atoms with E-state index in [9.17, 15) is 28.0 Å². The quantitative estimate of drug-likeness (QED) is 0.672. The Morgan fingerprint density at radius 1 is 1.12 bits per heavy atom. The number of nitrogens with zero attached hydrogens (tertiary/aromatic N) is 2. The van der Waals surface area contributed by atoms with Crippen molar-refractivity contribution in [1.82, 2.24) is 4.90 Å². The molecule has 1 N–H and O–H groups in total. The maximum absolute atomic E-state index is 13.4. The molecule has 34 heavy (non-hydrogen) atoms. The van der Waals surface area contributed by atoms with E-state index in [0.29, 0.717) is 12.0 Å². The number of carbonyl (C=O) groups is 2. The number of rotatable bonds is 5. The van der Waals surface area contributed by atoms with Crippen molar-refractivity contribution in [3.05, 3.63) is 59.7 Å². The molecular formula is C25H24F3N3O3. The van der Waals surface area contributed by atoms with Crippen LogP contribution in [0.15, 0.2) is 48.5 Å².